The zero-order valence-electron chi connectivity index (χ0n) is 17.5. The molecule has 0 aliphatic rings. The van der Waals surface area contributed by atoms with E-state index in [0.29, 0.717) is 42.2 Å². The van der Waals surface area contributed by atoms with Gasteiger partial charge in [-0.15, -0.1) is 0 Å². The normalized spacial score (nSPS) is 10.8. The minimum Gasteiger partial charge on any atom is -0.423 e. The van der Waals surface area contributed by atoms with E-state index in [-0.39, 0.29) is 5.91 Å². The van der Waals surface area contributed by atoms with Crippen LogP contribution in [-0.4, -0.2) is 23.9 Å². The average molecular weight is 447 g/mol. The van der Waals surface area contributed by atoms with Gasteiger partial charge >= 0.3 is 5.63 Å². The molecule has 0 unspecified atom stereocenters. The molecule has 4 rings (SSSR count). The molecule has 3 aromatic carbocycles. The number of nitrogens with zero attached hydrogens (tertiary/aromatic N) is 1. The number of halogens is 1. The summed E-state index contributed by atoms with van der Waals surface area (Å²) in [6.07, 6.45) is 0.709. The van der Waals surface area contributed by atoms with Gasteiger partial charge in [-0.3, -0.25) is 4.79 Å². The Kier molecular flexibility index (Phi) is 6.87. The largest absolute Gasteiger partial charge is 0.423 e. The lowest BCUT2D eigenvalue weighted by Gasteiger charge is -2.23. The molecule has 0 aliphatic heterocycles. The average Bonchev–Trinajstić information content (AvgIpc) is 2.81. The monoisotopic (exact) mass is 446 g/mol. The fraction of sp³-hybridized carbons (Fsp3) is 0.154. The molecule has 1 aromatic heterocycles. The van der Waals surface area contributed by atoms with Crippen molar-refractivity contribution in [2.45, 2.75) is 13.0 Å². The predicted molar refractivity (Wildman–Crippen MR) is 128 cm³/mol. The van der Waals surface area contributed by atoms with E-state index >= 15 is 0 Å². The highest BCUT2D eigenvalue weighted by Crippen LogP contribution is 2.21. The van der Waals surface area contributed by atoms with Gasteiger partial charge in [0.1, 0.15) is 5.58 Å². The maximum Gasteiger partial charge on any atom is 0.338 e. The molecular formula is C26H23ClN2O3. The van der Waals surface area contributed by atoms with Crippen molar-refractivity contribution < 1.29 is 9.21 Å². The number of hydrogen-bond acceptors (Lipinski definition) is 4. The number of anilines is 1. The smallest absolute Gasteiger partial charge is 0.338 e. The number of hydrogen-bond donors (Lipinski definition) is 1. The summed E-state index contributed by atoms with van der Waals surface area (Å²) >= 11 is 5.98. The lowest BCUT2D eigenvalue weighted by Crippen LogP contribution is -2.32. The van der Waals surface area contributed by atoms with Crippen LogP contribution in [0.4, 0.5) is 5.69 Å². The first-order valence-corrected chi connectivity index (χ1v) is 10.8. The zero-order valence-corrected chi connectivity index (χ0v) is 18.2. The molecule has 0 saturated carbocycles. The van der Waals surface area contributed by atoms with Crippen molar-refractivity contribution in [2.75, 3.05) is 18.4 Å². The van der Waals surface area contributed by atoms with Crippen molar-refractivity contribution in [1.29, 1.82) is 0 Å². The molecule has 5 nitrogen and oxygen atoms in total. The second-order valence-corrected chi connectivity index (χ2v) is 7.91. The van der Waals surface area contributed by atoms with Crippen LogP contribution < -0.4 is 10.9 Å². The third-order valence-electron chi connectivity index (χ3n) is 5.16. The van der Waals surface area contributed by atoms with E-state index in [2.05, 4.69) is 5.32 Å². The number of fused-ring (bicyclic) bond motifs is 1. The molecule has 0 bridgehead atoms. The number of nitrogens with one attached hydrogen (secondary N) is 1. The highest BCUT2D eigenvalue weighted by Gasteiger charge is 2.16. The lowest BCUT2D eigenvalue weighted by molar-refractivity contribution is 0.0742. The number of carbonyl (C=O) groups excluding carboxylic acids is 1. The molecule has 32 heavy (non-hydrogen) atoms. The molecule has 162 valence electrons. The van der Waals surface area contributed by atoms with E-state index in [9.17, 15) is 9.59 Å². The van der Waals surface area contributed by atoms with Gasteiger partial charge in [0, 0.05) is 41.7 Å². The van der Waals surface area contributed by atoms with Crippen LogP contribution in [-0.2, 0) is 6.54 Å². The molecule has 4 aromatic rings. The van der Waals surface area contributed by atoms with Crippen LogP contribution in [0.3, 0.4) is 0 Å². The standard InChI is InChI=1S/C26H23ClN2O3/c27-21-13-11-20(12-14-21)26(31)29(18-19-7-2-1-3-8-19)16-6-15-28-23-17-25(30)32-24-10-5-4-9-22(23)24/h1-5,7-14,17,28H,6,15-16,18H2. The minimum absolute atomic E-state index is 0.0451. The van der Waals surface area contributed by atoms with E-state index in [4.69, 9.17) is 16.0 Å². The number of rotatable bonds is 8. The summed E-state index contributed by atoms with van der Waals surface area (Å²) in [4.78, 5) is 26.8. The van der Waals surface area contributed by atoms with Crippen LogP contribution >= 0.6 is 11.6 Å². The van der Waals surface area contributed by atoms with Gasteiger partial charge in [-0.1, -0.05) is 54.1 Å². The number of carbonyl (C=O) groups is 1. The molecule has 0 radical (unpaired) electrons. The Hall–Kier alpha value is -3.57. The van der Waals surface area contributed by atoms with Gasteiger partial charge in [-0.25, -0.2) is 4.79 Å². The summed E-state index contributed by atoms with van der Waals surface area (Å²) < 4.78 is 5.24. The molecule has 6 heteroatoms. The van der Waals surface area contributed by atoms with Gasteiger partial charge < -0.3 is 14.6 Å². The Morgan fingerprint density at radius 1 is 0.938 bits per heavy atom. The molecule has 0 spiro atoms. The van der Waals surface area contributed by atoms with E-state index in [0.717, 1.165) is 16.6 Å². The molecule has 1 heterocycles. The highest BCUT2D eigenvalue weighted by atomic mass is 35.5. The molecule has 0 saturated heterocycles. The summed E-state index contributed by atoms with van der Waals surface area (Å²) in [5, 5.41) is 4.77. The first kappa shape index (κ1) is 21.7. The van der Waals surface area contributed by atoms with E-state index in [1.54, 1.807) is 30.3 Å². The van der Waals surface area contributed by atoms with Crippen LogP contribution in [0.1, 0.15) is 22.3 Å². The van der Waals surface area contributed by atoms with Gasteiger partial charge in [0.05, 0.1) is 5.69 Å². The van der Waals surface area contributed by atoms with E-state index in [1.165, 1.54) is 6.07 Å². The molecule has 1 amide bonds. The van der Waals surface area contributed by atoms with Gasteiger partial charge in [0.25, 0.3) is 5.91 Å². The Morgan fingerprint density at radius 3 is 2.44 bits per heavy atom. The molecular weight excluding hydrogens is 424 g/mol. The van der Waals surface area contributed by atoms with Crippen LogP contribution in [0.15, 0.2) is 94.1 Å². The van der Waals surface area contributed by atoms with Crippen LogP contribution in [0, 0.1) is 0 Å². The van der Waals surface area contributed by atoms with Crippen molar-refractivity contribution in [3.8, 4) is 0 Å². The van der Waals surface area contributed by atoms with Gasteiger partial charge in [-0.05, 0) is 48.4 Å². The van der Waals surface area contributed by atoms with Gasteiger partial charge in [-0.2, -0.15) is 0 Å². The number of benzene rings is 3. The predicted octanol–water partition coefficient (Wildman–Crippen LogP) is 5.59. The molecule has 1 N–H and O–H groups in total. The van der Waals surface area contributed by atoms with Crippen LogP contribution in [0.5, 0.6) is 0 Å². The number of para-hydroxylation sites is 1. The van der Waals surface area contributed by atoms with Gasteiger partial charge in [0.2, 0.25) is 0 Å². The topological polar surface area (TPSA) is 62.6 Å². The third-order valence-corrected chi connectivity index (χ3v) is 5.42. The van der Waals surface area contributed by atoms with Gasteiger partial charge in [0.15, 0.2) is 0 Å². The third kappa shape index (κ3) is 5.37. The summed E-state index contributed by atoms with van der Waals surface area (Å²) in [5.74, 6) is -0.0451. The lowest BCUT2D eigenvalue weighted by atomic mass is 10.1. The highest BCUT2D eigenvalue weighted by molar-refractivity contribution is 6.30. The summed E-state index contributed by atoms with van der Waals surface area (Å²) in [6.45, 7) is 1.68. The van der Waals surface area contributed by atoms with E-state index in [1.807, 2.05) is 53.4 Å². The second-order valence-electron chi connectivity index (χ2n) is 7.47. The van der Waals surface area contributed by atoms with Crippen molar-refractivity contribution >= 4 is 34.2 Å². The second kappa shape index (κ2) is 10.2. The maximum atomic E-state index is 13.2. The minimum atomic E-state index is -0.394. The molecule has 0 aliphatic carbocycles. The Labute approximate surface area is 191 Å². The van der Waals surface area contributed by atoms with Crippen molar-refractivity contribution in [3.05, 3.63) is 111 Å². The fourth-order valence-corrected chi connectivity index (χ4v) is 3.71. The zero-order chi connectivity index (χ0) is 22.3. The number of amides is 1. The van der Waals surface area contributed by atoms with Crippen LogP contribution in [0.25, 0.3) is 11.0 Å². The van der Waals surface area contributed by atoms with E-state index < -0.39 is 5.63 Å². The van der Waals surface area contributed by atoms with Crippen molar-refractivity contribution in [1.82, 2.24) is 4.90 Å². The van der Waals surface area contributed by atoms with Crippen molar-refractivity contribution in [2.24, 2.45) is 0 Å². The van der Waals surface area contributed by atoms with Crippen molar-refractivity contribution in [3.63, 3.8) is 0 Å². The Bertz CT molecular complexity index is 1250. The quantitative estimate of drug-likeness (QED) is 0.283. The first-order valence-electron chi connectivity index (χ1n) is 10.5. The Morgan fingerprint density at radius 2 is 1.66 bits per heavy atom. The molecule has 0 atom stereocenters. The Balaban J connectivity index is 1.45. The summed E-state index contributed by atoms with van der Waals surface area (Å²) in [6, 6.07) is 25.7. The molecule has 0 fully saturated rings. The summed E-state index contributed by atoms with van der Waals surface area (Å²) in [5.41, 5.74) is 2.55. The fourth-order valence-electron chi connectivity index (χ4n) is 3.58. The van der Waals surface area contributed by atoms with Crippen LogP contribution in [0.2, 0.25) is 5.02 Å². The SMILES string of the molecule is O=C(c1ccc(Cl)cc1)N(CCCNc1cc(=O)oc2ccccc12)Cc1ccccc1. The summed E-state index contributed by atoms with van der Waals surface area (Å²) in [7, 11) is 0. The first-order chi connectivity index (χ1) is 15.6. The maximum absolute atomic E-state index is 13.2.